The summed E-state index contributed by atoms with van der Waals surface area (Å²) in [4.78, 5) is 0. The standard InChI is InChI=1S/C8H6F3N3/c9-8(10,11)6-1-2-7(14-13)5(3-6)4-12/h1-3,14H,13H2. The van der Waals surface area contributed by atoms with Crippen LogP contribution in [0.3, 0.4) is 0 Å². The number of benzene rings is 1. The van der Waals surface area contributed by atoms with Crippen molar-refractivity contribution in [2.75, 3.05) is 5.43 Å². The molecule has 0 aliphatic rings. The molecule has 6 heteroatoms. The van der Waals surface area contributed by atoms with Gasteiger partial charge in [0.1, 0.15) is 6.07 Å². The quantitative estimate of drug-likeness (QED) is 0.538. The van der Waals surface area contributed by atoms with Crippen LogP contribution in [0.1, 0.15) is 11.1 Å². The summed E-state index contributed by atoms with van der Waals surface area (Å²) in [6.07, 6.45) is -4.45. The second-order valence-electron chi connectivity index (χ2n) is 2.51. The molecule has 0 bridgehead atoms. The molecule has 0 heterocycles. The summed E-state index contributed by atoms with van der Waals surface area (Å²) in [6, 6.07) is 4.33. The predicted molar refractivity (Wildman–Crippen MR) is 44.0 cm³/mol. The van der Waals surface area contributed by atoms with Gasteiger partial charge in [-0.2, -0.15) is 18.4 Å². The lowest BCUT2D eigenvalue weighted by atomic mass is 10.1. The Morgan fingerprint density at radius 1 is 1.36 bits per heavy atom. The first-order chi connectivity index (χ1) is 6.49. The van der Waals surface area contributed by atoms with E-state index in [0.717, 1.165) is 18.2 Å². The highest BCUT2D eigenvalue weighted by molar-refractivity contribution is 5.58. The first kappa shape index (κ1) is 10.3. The van der Waals surface area contributed by atoms with Crippen LogP contribution in [-0.4, -0.2) is 0 Å². The maximum absolute atomic E-state index is 12.2. The van der Waals surface area contributed by atoms with E-state index in [2.05, 4.69) is 5.43 Å². The lowest BCUT2D eigenvalue weighted by Gasteiger charge is -2.08. The highest BCUT2D eigenvalue weighted by atomic mass is 19.4. The van der Waals surface area contributed by atoms with Crippen LogP contribution in [0.5, 0.6) is 0 Å². The van der Waals surface area contributed by atoms with Crippen LogP contribution in [0.2, 0.25) is 0 Å². The summed E-state index contributed by atoms with van der Waals surface area (Å²) in [7, 11) is 0. The van der Waals surface area contributed by atoms with Crippen molar-refractivity contribution in [3.63, 3.8) is 0 Å². The molecule has 0 unspecified atom stereocenters. The van der Waals surface area contributed by atoms with E-state index < -0.39 is 11.7 Å². The molecule has 0 aliphatic heterocycles. The smallest absolute Gasteiger partial charge is 0.323 e. The average Bonchev–Trinajstić information content (AvgIpc) is 2.15. The first-order valence-corrected chi connectivity index (χ1v) is 3.57. The predicted octanol–water partition coefficient (Wildman–Crippen LogP) is 1.86. The van der Waals surface area contributed by atoms with E-state index in [-0.39, 0.29) is 11.3 Å². The zero-order valence-corrected chi connectivity index (χ0v) is 6.89. The Hall–Kier alpha value is -1.74. The number of rotatable bonds is 1. The number of halogens is 3. The fraction of sp³-hybridized carbons (Fsp3) is 0.125. The number of nitrogens with two attached hydrogens (primary N) is 1. The van der Waals surface area contributed by atoms with E-state index in [4.69, 9.17) is 11.1 Å². The number of hydrazine groups is 1. The molecule has 0 saturated heterocycles. The van der Waals surface area contributed by atoms with Gasteiger partial charge in [0, 0.05) is 0 Å². The van der Waals surface area contributed by atoms with Gasteiger partial charge in [0.2, 0.25) is 0 Å². The van der Waals surface area contributed by atoms with Gasteiger partial charge in [-0.1, -0.05) is 0 Å². The maximum Gasteiger partial charge on any atom is 0.416 e. The van der Waals surface area contributed by atoms with Crippen molar-refractivity contribution < 1.29 is 13.2 Å². The SMILES string of the molecule is N#Cc1cc(C(F)(F)F)ccc1NN. The molecular weight excluding hydrogens is 195 g/mol. The van der Waals surface area contributed by atoms with Crippen LogP contribution in [0, 0.1) is 11.3 Å². The van der Waals surface area contributed by atoms with E-state index in [1.807, 2.05) is 0 Å². The summed E-state index contributed by atoms with van der Waals surface area (Å²) in [5, 5.41) is 8.53. The number of hydrogen-bond acceptors (Lipinski definition) is 3. The average molecular weight is 201 g/mol. The fourth-order valence-corrected chi connectivity index (χ4v) is 0.939. The Labute approximate surface area is 77.9 Å². The number of hydrogen-bond donors (Lipinski definition) is 2. The third-order valence-corrected chi connectivity index (χ3v) is 1.62. The molecule has 3 nitrogen and oxygen atoms in total. The molecule has 74 valence electrons. The van der Waals surface area contributed by atoms with Crippen LogP contribution < -0.4 is 11.3 Å². The Bertz CT molecular complexity index is 378. The summed E-state index contributed by atoms with van der Waals surface area (Å²) in [5.74, 6) is 5.00. The molecule has 1 aromatic carbocycles. The van der Waals surface area contributed by atoms with E-state index in [1.165, 1.54) is 0 Å². The Balaban J connectivity index is 3.23. The lowest BCUT2D eigenvalue weighted by molar-refractivity contribution is -0.137. The van der Waals surface area contributed by atoms with Gasteiger partial charge in [-0.05, 0) is 18.2 Å². The van der Waals surface area contributed by atoms with Crippen molar-refractivity contribution in [2.45, 2.75) is 6.18 Å². The van der Waals surface area contributed by atoms with Crippen molar-refractivity contribution in [2.24, 2.45) is 5.84 Å². The summed E-state index contributed by atoms with van der Waals surface area (Å²) >= 11 is 0. The van der Waals surface area contributed by atoms with Gasteiger partial charge >= 0.3 is 6.18 Å². The molecule has 0 radical (unpaired) electrons. The molecule has 1 rings (SSSR count). The number of nitriles is 1. The highest BCUT2D eigenvalue weighted by Crippen LogP contribution is 2.31. The summed E-state index contributed by atoms with van der Waals surface area (Å²) in [5.41, 5.74) is 1.30. The minimum atomic E-state index is -4.45. The summed E-state index contributed by atoms with van der Waals surface area (Å²) in [6.45, 7) is 0. The van der Waals surface area contributed by atoms with Gasteiger partial charge in [0.15, 0.2) is 0 Å². The van der Waals surface area contributed by atoms with Gasteiger partial charge < -0.3 is 5.43 Å². The molecule has 14 heavy (non-hydrogen) atoms. The van der Waals surface area contributed by atoms with Gasteiger partial charge in [-0.3, -0.25) is 5.84 Å². The molecular formula is C8H6F3N3. The summed E-state index contributed by atoms with van der Waals surface area (Å²) < 4.78 is 36.5. The second kappa shape index (κ2) is 3.55. The minimum Gasteiger partial charge on any atom is -0.323 e. The van der Waals surface area contributed by atoms with Gasteiger partial charge in [0.05, 0.1) is 16.8 Å². The van der Waals surface area contributed by atoms with Crippen LogP contribution in [0.4, 0.5) is 18.9 Å². The van der Waals surface area contributed by atoms with Crippen molar-refractivity contribution in [1.82, 2.24) is 0 Å². The molecule has 0 spiro atoms. The Morgan fingerprint density at radius 3 is 2.43 bits per heavy atom. The van der Waals surface area contributed by atoms with E-state index in [0.29, 0.717) is 0 Å². The molecule has 0 saturated carbocycles. The minimum absolute atomic E-state index is 0.137. The van der Waals surface area contributed by atoms with E-state index in [1.54, 1.807) is 6.07 Å². The maximum atomic E-state index is 12.2. The molecule has 3 N–H and O–H groups in total. The van der Waals surface area contributed by atoms with Crippen molar-refractivity contribution in [3.05, 3.63) is 29.3 Å². The van der Waals surface area contributed by atoms with Gasteiger partial charge in [-0.15, -0.1) is 0 Å². The van der Waals surface area contributed by atoms with Crippen LogP contribution >= 0.6 is 0 Å². The van der Waals surface area contributed by atoms with E-state index >= 15 is 0 Å². The van der Waals surface area contributed by atoms with Crippen molar-refractivity contribution >= 4 is 5.69 Å². The Kier molecular flexibility index (Phi) is 2.63. The van der Waals surface area contributed by atoms with Gasteiger partial charge in [0.25, 0.3) is 0 Å². The largest absolute Gasteiger partial charge is 0.416 e. The van der Waals surface area contributed by atoms with Crippen molar-refractivity contribution in [1.29, 1.82) is 5.26 Å². The van der Waals surface area contributed by atoms with Crippen molar-refractivity contribution in [3.8, 4) is 6.07 Å². The third kappa shape index (κ3) is 1.95. The zero-order chi connectivity index (χ0) is 10.8. The topological polar surface area (TPSA) is 61.8 Å². The molecule has 0 amide bonds. The molecule has 0 fully saturated rings. The number of alkyl halides is 3. The molecule has 1 aromatic rings. The third-order valence-electron chi connectivity index (χ3n) is 1.62. The zero-order valence-electron chi connectivity index (χ0n) is 6.89. The fourth-order valence-electron chi connectivity index (χ4n) is 0.939. The second-order valence-corrected chi connectivity index (χ2v) is 2.51. The number of nitrogens with one attached hydrogen (secondary N) is 1. The monoisotopic (exact) mass is 201 g/mol. The number of nitrogen functional groups attached to an aromatic ring is 1. The van der Waals surface area contributed by atoms with Crippen LogP contribution in [0.15, 0.2) is 18.2 Å². The number of anilines is 1. The normalized spacial score (nSPS) is 10.8. The van der Waals surface area contributed by atoms with E-state index in [9.17, 15) is 13.2 Å². The van der Waals surface area contributed by atoms with Crippen LogP contribution in [0.25, 0.3) is 0 Å². The Morgan fingerprint density at radius 2 is 2.00 bits per heavy atom. The molecule has 0 aromatic heterocycles. The van der Waals surface area contributed by atoms with Crippen LogP contribution in [-0.2, 0) is 6.18 Å². The molecule has 0 atom stereocenters. The highest BCUT2D eigenvalue weighted by Gasteiger charge is 2.30. The van der Waals surface area contributed by atoms with Gasteiger partial charge in [-0.25, -0.2) is 0 Å². The first-order valence-electron chi connectivity index (χ1n) is 3.57. The number of nitrogens with zero attached hydrogens (tertiary/aromatic N) is 1. The lowest BCUT2D eigenvalue weighted by Crippen LogP contribution is -2.10. The molecule has 0 aliphatic carbocycles.